The van der Waals surface area contributed by atoms with E-state index in [9.17, 15) is 0 Å². The lowest BCUT2D eigenvalue weighted by atomic mass is 10.1. The van der Waals surface area contributed by atoms with Gasteiger partial charge in [0, 0.05) is 81.4 Å². The standard InChI is InChI=1S/C26H33N5O3/c1-32-13-14-34-21-4-6-24(26(16-21)33-2)29-23-7-8-28-25-15-19(3-5-22(23)25)30-9-11-31(12-10-30)20-17-27-18-20/h3-8,15-16,20,27H,9-14,17-18H2,1-2H3,(H,28,29). The average Bonchev–Trinajstić information content (AvgIpc) is 2.84. The maximum Gasteiger partial charge on any atom is 0.145 e. The largest absolute Gasteiger partial charge is 0.494 e. The molecule has 5 rings (SSSR count). The predicted molar refractivity (Wildman–Crippen MR) is 136 cm³/mol. The van der Waals surface area contributed by atoms with Crippen LogP contribution < -0.4 is 25.0 Å². The van der Waals surface area contributed by atoms with E-state index in [-0.39, 0.29) is 0 Å². The SMILES string of the molecule is COCCOc1ccc(Nc2ccnc3cc(N4CCN(C5CNC5)CC4)ccc23)c(OC)c1. The third-order valence-electron chi connectivity index (χ3n) is 6.68. The smallest absolute Gasteiger partial charge is 0.145 e. The predicted octanol–water partition coefficient (Wildman–Crippen LogP) is 3.11. The van der Waals surface area contributed by atoms with E-state index in [0.717, 1.165) is 79.1 Å². The number of benzene rings is 2. The summed E-state index contributed by atoms with van der Waals surface area (Å²) in [7, 11) is 3.32. The van der Waals surface area contributed by atoms with Crippen LogP contribution in [0.15, 0.2) is 48.7 Å². The topological polar surface area (TPSA) is 71.1 Å². The Morgan fingerprint density at radius 2 is 1.82 bits per heavy atom. The van der Waals surface area contributed by atoms with E-state index in [1.54, 1.807) is 14.2 Å². The van der Waals surface area contributed by atoms with E-state index in [4.69, 9.17) is 14.2 Å². The lowest BCUT2D eigenvalue weighted by Crippen LogP contribution is -2.61. The molecule has 2 N–H and O–H groups in total. The van der Waals surface area contributed by atoms with Crippen molar-refractivity contribution in [2.45, 2.75) is 6.04 Å². The van der Waals surface area contributed by atoms with Crippen molar-refractivity contribution in [3.63, 3.8) is 0 Å². The van der Waals surface area contributed by atoms with Gasteiger partial charge in [-0.25, -0.2) is 0 Å². The summed E-state index contributed by atoms with van der Waals surface area (Å²) in [5, 5.41) is 7.97. The van der Waals surface area contributed by atoms with Crippen molar-refractivity contribution in [2.24, 2.45) is 0 Å². The van der Waals surface area contributed by atoms with E-state index >= 15 is 0 Å². The number of ether oxygens (including phenoxy) is 3. The van der Waals surface area contributed by atoms with Gasteiger partial charge in [0.1, 0.15) is 18.1 Å². The molecule has 8 heteroatoms. The van der Waals surface area contributed by atoms with Crippen LogP contribution in [-0.2, 0) is 4.74 Å². The van der Waals surface area contributed by atoms with Gasteiger partial charge in [-0.3, -0.25) is 9.88 Å². The summed E-state index contributed by atoms with van der Waals surface area (Å²) in [5.74, 6) is 1.47. The number of aromatic nitrogens is 1. The Labute approximate surface area is 200 Å². The number of rotatable bonds is 9. The Balaban J connectivity index is 1.31. The number of nitrogens with zero attached hydrogens (tertiary/aromatic N) is 3. The molecular weight excluding hydrogens is 430 g/mol. The molecule has 0 saturated carbocycles. The molecule has 2 aliphatic rings. The molecule has 2 aromatic carbocycles. The van der Waals surface area contributed by atoms with Crippen LogP contribution >= 0.6 is 0 Å². The molecule has 0 unspecified atom stereocenters. The second kappa shape index (κ2) is 10.5. The molecule has 0 radical (unpaired) electrons. The Hall–Kier alpha value is -3.07. The van der Waals surface area contributed by atoms with Crippen LogP contribution in [0.25, 0.3) is 10.9 Å². The summed E-state index contributed by atoms with van der Waals surface area (Å²) in [4.78, 5) is 9.73. The van der Waals surface area contributed by atoms with Crippen LogP contribution in [0.5, 0.6) is 11.5 Å². The number of nitrogens with one attached hydrogen (secondary N) is 2. The van der Waals surface area contributed by atoms with Crippen molar-refractivity contribution in [1.82, 2.24) is 15.2 Å². The molecule has 2 saturated heterocycles. The van der Waals surface area contributed by atoms with E-state index < -0.39 is 0 Å². The summed E-state index contributed by atoms with van der Waals surface area (Å²) in [5.41, 5.74) is 4.08. The molecular formula is C26H33N5O3. The van der Waals surface area contributed by atoms with Crippen LogP contribution in [0, 0.1) is 0 Å². The summed E-state index contributed by atoms with van der Waals surface area (Å²) in [6, 6.07) is 15.1. The summed E-state index contributed by atoms with van der Waals surface area (Å²) >= 11 is 0. The fourth-order valence-corrected chi connectivity index (χ4v) is 4.57. The molecule has 1 aromatic heterocycles. The van der Waals surface area contributed by atoms with Gasteiger partial charge in [-0.05, 0) is 36.4 Å². The normalized spacial score (nSPS) is 16.9. The van der Waals surface area contributed by atoms with E-state index in [1.165, 1.54) is 5.69 Å². The Kier molecular flexibility index (Phi) is 6.99. The third kappa shape index (κ3) is 4.89. The molecule has 2 fully saturated rings. The van der Waals surface area contributed by atoms with Crippen molar-refractivity contribution in [1.29, 1.82) is 0 Å². The van der Waals surface area contributed by atoms with Crippen LogP contribution in [0.3, 0.4) is 0 Å². The van der Waals surface area contributed by atoms with Crippen molar-refractivity contribution >= 4 is 28.0 Å². The number of methoxy groups -OCH3 is 2. The quantitative estimate of drug-likeness (QED) is 0.469. The van der Waals surface area contributed by atoms with Crippen LogP contribution in [0.1, 0.15) is 0 Å². The van der Waals surface area contributed by atoms with Gasteiger partial charge < -0.3 is 29.7 Å². The van der Waals surface area contributed by atoms with E-state index in [2.05, 4.69) is 43.6 Å². The van der Waals surface area contributed by atoms with Crippen molar-refractivity contribution in [3.8, 4) is 11.5 Å². The molecule has 34 heavy (non-hydrogen) atoms. The van der Waals surface area contributed by atoms with Crippen LogP contribution in [0.2, 0.25) is 0 Å². The van der Waals surface area contributed by atoms with Crippen LogP contribution in [-0.4, -0.2) is 82.6 Å². The molecule has 0 amide bonds. The van der Waals surface area contributed by atoms with Gasteiger partial charge in [-0.1, -0.05) is 0 Å². The highest BCUT2D eigenvalue weighted by Crippen LogP contribution is 2.34. The zero-order chi connectivity index (χ0) is 23.3. The van der Waals surface area contributed by atoms with Gasteiger partial charge >= 0.3 is 0 Å². The monoisotopic (exact) mass is 463 g/mol. The molecule has 0 spiro atoms. The molecule has 8 nitrogen and oxygen atoms in total. The van der Waals surface area contributed by atoms with Crippen molar-refractivity contribution < 1.29 is 14.2 Å². The summed E-state index contributed by atoms with van der Waals surface area (Å²) in [6.45, 7) is 7.63. The first-order valence-corrected chi connectivity index (χ1v) is 11.9. The number of pyridine rings is 1. The highest BCUT2D eigenvalue weighted by Gasteiger charge is 2.27. The highest BCUT2D eigenvalue weighted by molar-refractivity contribution is 5.95. The van der Waals surface area contributed by atoms with Gasteiger partial charge in [0.25, 0.3) is 0 Å². The number of hydrogen-bond acceptors (Lipinski definition) is 8. The van der Waals surface area contributed by atoms with E-state index in [1.807, 2.05) is 30.5 Å². The maximum atomic E-state index is 5.71. The van der Waals surface area contributed by atoms with Gasteiger partial charge in [-0.15, -0.1) is 0 Å². The van der Waals surface area contributed by atoms with Gasteiger partial charge in [0.05, 0.1) is 24.9 Å². The molecule has 0 atom stereocenters. The first-order chi connectivity index (χ1) is 16.7. The minimum absolute atomic E-state index is 0.497. The summed E-state index contributed by atoms with van der Waals surface area (Å²) in [6.07, 6.45) is 1.85. The lowest BCUT2D eigenvalue weighted by Gasteiger charge is -2.43. The van der Waals surface area contributed by atoms with Crippen molar-refractivity contribution in [3.05, 3.63) is 48.7 Å². The molecule has 0 aliphatic carbocycles. The summed E-state index contributed by atoms with van der Waals surface area (Å²) < 4.78 is 16.4. The second-order valence-corrected chi connectivity index (χ2v) is 8.72. The van der Waals surface area contributed by atoms with Gasteiger partial charge in [-0.2, -0.15) is 0 Å². The number of fused-ring (bicyclic) bond motifs is 1. The molecule has 3 heterocycles. The molecule has 2 aliphatic heterocycles. The third-order valence-corrected chi connectivity index (χ3v) is 6.68. The Morgan fingerprint density at radius 1 is 0.971 bits per heavy atom. The number of hydrogen-bond donors (Lipinski definition) is 2. The van der Waals surface area contributed by atoms with Gasteiger partial charge in [0.2, 0.25) is 0 Å². The Morgan fingerprint density at radius 3 is 2.56 bits per heavy atom. The van der Waals surface area contributed by atoms with Crippen molar-refractivity contribution in [2.75, 3.05) is 76.9 Å². The first-order valence-electron chi connectivity index (χ1n) is 11.9. The molecule has 0 bridgehead atoms. The lowest BCUT2D eigenvalue weighted by molar-refractivity contribution is 0.138. The minimum atomic E-state index is 0.497. The minimum Gasteiger partial charge on any atom is -0.494 e. The first kappa shape index (κ1) is 22.7. The van der Waals surface area contributed by atoms with E-state index in [0.29, 0.717) is 13.2 Å². The zero-order valence-electron chi connectivity index (χ0n) is 19.9. The van der Waals surface area contributed by atoms with Gasteiger partial charge in [0.15, 0.2) is 0 Å². The zero-order valence-corrected chi connectivity index (χ0v) is 19.9. The average molecular weight is 464 g/mol. The maximum absolute atomic E-state index is 5.71. The molecule has 3 aromatic rings. The fraction of sp³-hybridized carbons (Fsp3) is 0.423. The fourth-order valence-electron chi connectivity index (χ4n) is 4.57. The molecule has 180 valence electrons. The highest BCUT2D eigenvalue weighted by atomic mass is 16.5. The number of anilines is 3. The number of piperazine rings is 1. The van der Waals surface area contributed by atoms with Crippen LogP contribution in [0.4, 0.5) is 17.1 Å². The Bertz CT molecular complexity index is 1110. The second-order valence-electron chi connectivity index (χ2n) is 8.72.